The molecule has 1 saturated heterocycles. The molecular formula is C23H38N4O9S2. The summed E-state index contributed by atoms with van der Waals surface area (Å²) >= 11 is 6.63. The molecule has 0 bridgehead atoms. The van der Waals surface area contributed by atoms with Crippen LogP contribution in [0.25, 0.3) is 0 Å². The maximum Gasteiger partial charge on any atom is 0.407 e. The van der Waals surface area contributed by atoms with E-state index in [0.29, 0.717) is 23.7 Å². The zero-order chi connectivity index (χ0) is 28.5. The first-order valence-corrected chi connectivity index (χ1v) is 13.9. The number of carbonyl (C=O) groups is 5. The van der Waals surface area contributed by atoms with E-state index in [1.165, 1.54) is 30.5 Å². The van der Waals surface area contributed by atoms with Crippen molar-refractivity contribution in [1.82, 2.24) is 20.4 Å². The summed E-state index contributed by atoms with van der Waals surface area (Å²) in [5.41, 5.74) is 0. The Morgan fingerprint density at radius 2 is 1.34 bits per heavy atom. The quantitative estimate of drug-likeness (QED) is 0.154. The second-order valence-electron chi connectivity index (χ2n) is 8.27. The fourth-order valence-electron chi connectivity index (χ4n) is 2.91. The molecule has 0 spiro atoms. The van der Waals surface area contributed by atoms with E-state index in [1.807, 2.05) is 13.8 Å². The first kappa shape index (κ1) is 33.4. The molecule has 2 atom stereocenters. The van der Waals surface area contributed by atoms with Gasteiger partial charge in [0, 0.05) is 25.4 Å². The van der Waals surface area contributed by atoms with E-state index in [2.05, 4.69) is 10.6 Å². The highest BCUT2D eigenvalue weighted by Gasteiger charge is 2.26. The maximum absolute atomic E-state index is 12.7. The third-order valence-corrected chi connectivity index (χ3v) is 6.40. The second-order valence-corrected chi connectivity index (χ2v) is 10.0. The van der Waals surface area contributed by atoms with Crippen molar-refractivity contribution >= 4 is 58.3 Å². The molecule has 1 heterocycles. The van der Waals surface area contributed by atoms with Crippen LogP contribution in [0.2, 0.25) is 0 Å². The number of rotatable bonds is 16. The van der Waals surface area contributed by atoms with E-state index in [0.717, 1.165) is 5.75 Å². The maximum atomic E-state index is 12.7. The van der Waals surface area contributed by atoms with Gasteiger partial charge in [0.15, 0.2) is 0 Å². The van der Waals surface area contributed by atoms with Crippen molar-refractivity contribution in [3.8, 4) is 0 Å². The van der Waals surface area contributed by atoms with Gasteiger partial charge in [0.05, 0.1) is 19.8 Å². The molecule has 0 radical (unpaired) electrons. The highest BCUT2D eigenvalue weighted by Crippen LogP contribution is 2.18. The lowest BCUT2D eigenvalue weighted by molar-refractivity contribution is -0.146. The lowest BCUT2D eigenvalue weighted by atomic mass is 10.3. The molecule has 1 aliphatic heterocycles. The van der Waals surface area contributed by atoms with Crippen LogP contribution in [0.5, 0.6) is 0 Å². The molecule has 1 aliphatic rings. The molecule has 1 rings (SSSR count). The topological polar surface area (TPSA) is 153 Å². The standard InChI is InChI=1S/C23H38N4O9S2/c1-5-10-35-21(31)24-16(3)19(29)33-12-7-26(15-18(28)27-9-14-38-23(27)37)8-13-34-20(30)17(4)25-22(32)36-11-6-2/h16-17H,5-15H2,1-4H3,(H,24,31)(H,25,32). The average Bonchev–Trinajstić information content (AvgIpc) is 3.31. The predicted molar refractivity (Wildman–Crippen MR) is 144 cm³/mol. The van der Waals surface area contributed by atoms with Crippen LogP contribution in [0.1, 0.15) is 40.5 Å². The first-order valence-electron chi connectivity index (χ1n) is 12.5. The normalized spacial score (nSPS) is 14.4. The van der Waals surface area contributed by atoms with E-state index < -0.39 is 36.2 Å². The SMILES string of the molecule is CCCOC(=O)NC(C)C(=O)OCCN(CCOC(=O)C(C)NC(=O)OCCC)CC(=O)N1CCSC1=S. The van der Waals surface area contributed by atoms with Crippen molar-refractivity contribution in [3.05, 3.63) is 0 Å². The Kier molecular flexibility index (Phi) is 16.3. The number of alkyl carbamates (subject to hydrolysis) is 2. The Labute approximate surface area is 232 Å². The van der Waals surface area contributed by atoms with Crippen LogP contribution in [-0.2, 0) is 33.3 Å². The van der Waals surface area contributed by atoms with Gasteiger partial charge in [0.25, 0.3) is 0 Å². The highest BCUT2D eigenvalue weighted by molar-refractivity contribution is 8.23. The van der Waals surface area contributed by atoms with Crippen molar-refractivity contribution < 1.29 is 42.9 Å². The van der Waals surface area contributed by atoms with Crippen LogP contribution < -0.4 is 10.6 Å². The fraction of sp³-hybridized carbons (Fsp3) is 0.739. The van der Waals surface area contributed by atoms with Crippen LogP contribution in [-0.4, -0.2) is 115 Å². The number of hydrogen-bond acceptors (Lipinski definition) is 12. The Morgan fingerprint density at radius 3 is 1.74 bits per heavy atom. The molecule has 38 heavy (non-hydrogen) atoms. The summed E-state index contributed by atoms with van der Waals surface area (Å²) in [7, 11) is 0. The number of carbonyl (C=O) groups excluding carboxylic acids is 5. The highest BCUT2D eigenvalue weighted by atomic mass is 32.2. The number of esters is 2. The van der Waals surface area contributed by atoms with E-state index >= 15 is 0 Å². The third kappa shape index (κ3) is 13.2. The number of amides is 3. The monoisotopic (exact) mass is 578 g/mol. The molecule has 2 unspecified atom stereocenters. The molecule has 0 aliphatic carbocycles. The summed E-state index contributed by atoms with van der Waals surface area (Å²) in [6.07, 6.45) is -0.130. The minimum Gasteiger partial charge on any atom is -0.463 e. The van der Waals surface area contributed by atoms with Gasteiger partial charge in [-0.05, 0) is 26.7 Å². The number of thiocarbonyl (C=S) groups is 1. The van der Waals surface area contributed by atoms with Gasteiger partial charge in [-0.25, -0.2) is 19.2 Å². The third-order valence-electron chi connectivity index (χ3n) is 4.97. The van der Waals surface area contributed by atoms with E-state index in [9.17, 15) is 24.0 Å². The summed E-state index contributed by atoms with van der Waals surface area (Å²) in [4.78, 5) is 63.6. The van der Waals surface area contributed by atoms with Gasteiger partial charge < -0.3 is 29.6 Å². The zero-order valence-electron chi connectivity index (χ0n) is 22.3. The lowest BCUT2D eigenvalue weighted by Crippen LogP contribution is -2.44. The molecule has 0 saturated carbocycles. The molecule has 13 nitrogen and oxygen atoms in total. The van der Waals surface area contributed by atoms with Crippen LogP contribution in [0.3, 0.4) is 0 Å². The van der Waals surface area contributed by atoms with Crippen molar-refractivity contribution in [2.45, 2.75) is 52.6 Å². The molecule has 216 valence electrons. The van der Waals surface area contributed by atoms with Crippen molar-refractivity contribution in [2.75, 3.05) is 58.4 Å². The number of nitrogens with zero attached hydrogens (tertiary/aromatic N) is 2. The summed E-state index contributed by atoms with van der Waals surface area (Å²) in [5, 5.41) is 4.77. The largest absolute Gasteiger partial charge is 0.463 e. The van der Waals surface area contributed by atoms with Crippen molar-refractivity contribution in [3.63, 3.8) is 0 Å². The summed E-state index contributed by atoms with van der Waals surface area (Å²) in [5.74, 6) is -0.830. The first-order chi connectivity index (χ1) is 18.1. The minimum atomic E-state index is -0.924. The summed E-state index contributed by atoms with van der Waals surface area (Å²) in [6, 6.07) is -1.85. The van der Waals surface area contributed by atoms with Gasteiger partial charge in [-0.2, -0.15) is 0 Å². The summed E-state index contributed by atoms with van der Waals surface area (Å²) < 4.78 is 20.7. The van der Waals surface area contributed by atoms with E-state index in [4.69, 9.17) is 31.2 Å². The molecule has 15 heteroatoms. The number of ether oxygens (including phenoxy) is 4. The van der Waals surface area contributed by atoms with Crippen LogP contribution in [0.4, 0.5) is 9.59 Å². The molecule has 1 fully saturated rings. The molecule has 3 amide bonds. The van der Waals surface area contributed by atoms with Gasteiger partial charge in [0.2, 0.25) is 5.91 Å². The molecule has 2 N–H and O–H groups in total. The van der Waals surface area contributed by atoms with Crippen molar-refractivity contribution in [2.24, 2.45) is 0 Å². The predicted octanol–water partition coefficient (Wildman–Crippen LogP) is 1.28. The number of nitrogens with one attached hydrogen (secondary N) is 2. The van der Waals surface area contributed by atoms with Crippen LogP contribution in [0.15, 0.2) is 0 Å². The van der Waals surface area contributed by atoms with Gasteiger partial charge in [-0.1, -0.05) is 37.8 Å². The van der Waals surface area contributed by atoms with Gasteiger partial charge in [-0.3, -0.25) is 14.6 Å². The minimum absolute atomic E-state index is 0.0376. The Morgan fingerprint density at radius 1 is 0.868 bits per heavy atom. The van der Waals surface area contributed by atoms with E-state index in [1.54, 1.807) is 4.90 Å². The molecule has 0 aromatic rings. The van der Waals surface area contributed by atoms with Crippen molar-refractivity contribution in [1.29, 1.82) is 0 Å². The molecule has 0 aromatic carbocycles. The Balaban J connectivity index is 2.58. The van der Waals surface area contributed by atoms with Gasteiger partial charge in [0.1, 0.15) is 29.6 Å². The van der Waals surface area contributed by atoms with Gasteiger partial charge >= 0.3 is 24.1 Å². The summed E-state index contributed by atoms with van der Waals surface area (Å²) in [6.45, 7) is 7.74. The van der Waals surface area contributed by atoms with Gasteiger partial charge in [-0.15, -0.1) is 0 Å². The number of hydrogen-bond donors (Lipinski definition) is 2. The smallest absolute Gasteiger partial charge is 0.407 e. The lowest BCUT2D eigenvalue weighted by Gasteiger charge is -2.24. The number of thioether (sulfide) groups is 1. The van der Waals surface area contributed by atoms with E-state index in [-0.39, 0.29) is 52.0 Å². The Bertz CT molecular complexity index is 785. The Hall–Kier alpha value is -2.65. The molecule has 0 aromatic heterocycles. The average molecular weight is 579 g/mol. The van der Waals surface area contributed by atoms with Crippen LogP contribution >= 0.6 is 24.0 Å². The second kappa shape index (κ2) is 18.6. The fourth-order valence-corrected chi connectivity index (χ4v) is 4.15. The zero-order valence-corrected chi connectivity index (χ0v) is 24.0. The van der Waals surface area contributed by atoms with Crippen LogP contribution in [0, 0.1) is 0 Å². The molecular weight excluding hydrogens is 540 g/mol.